The fraction of sp³-hybridized carbons (Fsp3) is 0.955. The van der Waals surface area contributed by atoms with Gasteiger partial charge in [-0.2, -0.15) is 0 Å². The first-order chi connectivity index (χ1) is 12.6. The summed E-state index contributed by atoms with van der Waals surface area (Å²) in [6, 6.07) is 0. The molecule has 0 spiro atoms. The van der Waals surface area contributed by atoms with Crippen LogP contribution in [0.25, 0.3) is 0 Å². The van der Waals surface area contributed by atoms with Crippen molar-refractivity contribution in [3.8, 4) is 0 Å². The Hall–Kier alpha value is -0.280. The number of carbonyl (C=O) groups is 1. The first kappa shape index (κ1) is 25.7. The molecule has 0 aliphatic heterocycles. The second kappa shape index (κ2) is 19.5. The maximum atomic E-state index is 10.5. The molecule has 3 nitrogen and oxygen atoms in total. The minimum atomic E-state index is -1.18. The van der Waals surface area contributed by atoms with Gasteiger partial charge in [-0.25, -0.2) is 4.79 Å². The molecule has 0 amide bonds. The quantitative estimate of drug-likeness (QED) is 0.172. The Bertz CT molecular complexity index is 310. The zero-order valence-electron chi connectivity index (χ0n) is 17.1. The fourth-order valence-corrected chi connectivity index (χ4v) is 3.66. The predicted octanol–water partition coefficient (Wildman–Crippen LogP) is 7.08. The van der Waals surface area contributed by atoms with Crippen molar-refractivity contribution < 1.29 is 15.0 Å². The maximum absolute atomic E-state index is 10.5. The second-order valence-electron chi connectivity index (χ2n) is 7.77. The molecule has 0 radical (unpaired) electrons. The Labute approximate surface area is 166 Å². The summed E-state index contributed by atoms with van der Waals surface area (Å²) in [5.41, 5.74) is 0. The zero-order chi connectivity index (χ0) is 19.5. The van der Waals surface area contributed by atoms with Gasteiger partial charge in [-0.05, 0) is 19.3 Å². The van der Waals surface area contributed by atoms with Crippen LogP contribution in [0.4, 0.5) is 0 Å². The van der Waals surface area contributed by atoms with E-state index in [1.165, 1.54) is 83.5 Å². The summed E-state index contributed by atoms with van der Waals surface area (Å²) in [7, 11) is 0. The van der Waals surface area contributed by atoms with Crippen LogP contribution in [0.3, 0.4) is 0 Å². The van der Waals surface area contributed by atoms with E-state index in [2.05, 4.69) is 6.92 Å². The first-order valence-corrected chi connectivity index (χ1v) is 11.6. The smallest absolute Gasteiger partial charge is 0.332 e. The lowest BCUT2D eigenvalue weighted by Crippen LogP contribution is -2.18. The van der Waals surface area contributed by atoms with Crippen LogP contribution in [-0.2, 0) is 4.79 Å². The van der Waals surface area contributed by atoms with Crippen molar-refractivity contribution in [2.45, 2.75) is 134 Å². The largest absolute Gasteiger partial charge is 0.479 e. The van der Waals surface area contributed by atoms with Crippen molar-refractivity contribution in [3.63, 3.8) is 0 Å². The van der Waals surface area contributed by atoms with Crippen LogP contribution in [0.2, 0.25) is 0 Å². The molecule has 26 heavy (non-hydrogen) atoms. The lowest BCUT2D eigenvalue weighted by atomic mass is 10.0. The molecular weight excluding hydrogens is 348 g/mol. The molecule has 0 saturated heterocycles. The summed E-state index contributed by atoms with van der Waals surface area (Å²) in [5, 5.41) is 18.1. The lowest BCUT2D eigenvalue weighted by molar-refractivity contribution is -0.146. The van der Waals surface area contributed by atoms with Gasteiger partial charge >= 0.3 is 5.97 Å². The molecule has 0 aromatic heterocycles. The van der Waals surface area contributed by atoms with E-state index >= 15 is 0 Å². The average molecular weight is 391 g/mol. The third-order valence-electron chi connectivity index (χ3n) is 5.15. The number of carboxylic acid groups (broad SMARTS) is 1. The van der Waals surface area contributed by atoms with Crippen molar-refractivity contribution in [2.75, 3.05) is 0 Å². The Morgan fingerprint density at radius 1 is 0.692 bits per heavy atom. The lowest BCUT2D eigenvalue weighted by Gasteiger charge is -2.09. The van der Waals surface area contributed by atoms with E-state index in [-0.39, 0.29) is 0 Å². The van der Waals surface area contributed by atoms with Crippen molar-refractivity contribution in [3.05, 3.63) is 0 Å². The summed E-state index contributed by atoms with van der Waals surface area (Å²) in [6.45, 7) is 2.26. The number of rotatable bonds is 20. The second-order valence-corrected chi connectivity index (χ2v) is 8.38. The maximum Gasteiger partial charge on any atom is 0.332 e. The zero-order valence-corrected chi connectivity index (χ0v) is 17.8. The highest BCUT2D eigenvalue weighted by Crippen LogP contribution is 2.18. The Morgan fingerprint density at radius 2 is 1.04 bits per heavy atom. The molecule has 4 heteroatoms. The van der Waals surface area contributed by atoms with Gasteiger partial charge in [0.1, 0.15) is 0 Å². The highest BCUT2D eigenvalue weighted by molar-refractivity contribution is 6.20. The van der Waals surface area contributed by atoms with Gasteiger partial charge in [-0.1, -0.05) is 103 Å². The van der Waals surface area contributed by atoms with Crippen LogP contribution in [0, 0.1) is 0 Å². The number of aliphatic hydroxyl groups is 1. The van der Waals surface area contributed by atoms with E-state index < -0.39 is 12.1 Å². The number of carboxylic acids is 1. The number of aliphatic hydroxyl groups excluding tert-OH is 1. The topological polar surface area (TPSA) is 57.5 Å². The van der Waals surface area contributed by atoms with Gasteiger partial charge in [-0.15, -0.1) is 11.6 Å². The first-order valence-electron chi connectivity index (χ1n) is 11.1. The number of aliphatic carboxylic acids is 1. The van der Waals surface area contributed by atoms with Crippen LogP contribution in [0.5, 0.6) is 0 Å². The molecule has 0 aromatic carbocycles. The van der Waals surface area contributed by atoms with Gasteiger partial charge in [0, 0.05) is 5.38 Å². The molecule has 156 valence electrons. The summed E-state index contributed by atoms with van der Waals surface area (Å²) in [6.07, 6.45) is 20.3. The predicted molar refractivity (Wildman–Crippen MR) is 112 cm³/mol. The molecule has 0 heterocycles. The summed E-state index contributed by atoms with van der Waals surface area (Å²) in [5.74, 6) is -1.10. The number of hydrogen-bond acceptors (Lipinski definition) is 2. The van der Waals surface area contributed by atoms with Crippen LogP contribution in [0.15, 0.2) is 0 Å². The molecule has 2 unspecified atom stereocenters. The van der Waals surface area contributed by atoms with E-state index in [4.69, 9.17) is 16.7 Å². The standard InChI is InChI=1S/C22H43ClO3/c1-2-3-4-5-8-11-14-17-20(23)18-15-12-9-6-7-10-13-16-19-21(24)22(25)26/h20-21,24H,2-19H2,1H3,(H,25,26). The molecule has 0 saturated carbocycles. The number of unbranched alkanes of at least 4 members (excludes halogenated alkanes) is 13. The van der Waals surface area contributed by atoms with Crippen LogP contribution < -0.4 is 0 Å². The Kier molecular flexibility index (Phi) is 19.3. The molecule has 0 aliphatic carbocycles. The highest BCUT2D eigenvalue weighted by atomic mass is 35.5. The minimum absolute atomic E-state index is 0.367. The Morgan fingerprint density at radius 3 is 1.42 bits per heavy atom. The van der Waals surface area contributed by atoms with Crippen molar-refractivity contribution in [1.29, 1.82) is 0 Å². The molecule has 0 aromatic rings. The monoisotopic (exact) mass is 390 g/mol. The Balaban J connectivity index is 3.21. The van der Waals surface area contributed by atoms with Gasteiger partial charge in [0.05, 0.1) is 0 Å². The van der Waals surface area contributed by atoms with Crippen molar-refractivity contribution >= 4 is 17.6 Å². The highest BCUT2D eigenvalue weighted by Gasteiger charge is 2.11. The van der Waals surface area contributed by atoms with E-state index in [1.54, 1.807) is 0 Å². The molecule has 2 atom stereocenters. The summed E-state index contributed by atoms with van der Waals surface area (Å²) in [4.78, 5) is 10.5. The van der Waals surface area contributed by atoms with Crippen molar-refractivity contribution in [2.24, 2.45) is 0 Å². The van der Waals surface area contributed by atoms with Gasteiger partial charge in [-0.3, -0.25) is 0 Å². The van der Waals surface area contributed by atoms with Gasteiger partial charge in [0.25, 0.3) is 0 Å². The average Bonchev–Trinajstić information content (AvgIpc) is 2.62. The van der Waals surface area contributed by atoms with Crippen LogP contribution >= 0.6 is 11.6 Å². The van der Waals surface area contributed by atoms with Gasteiger partial charge in [0.2, 0.25) is 0 Å². The van der Waals surface area contributed by atoms with E-state index in [0.29, 0.717) is 11.8 Å². The van der Waals surface area contributed by atoms with Crippen LogP contribution in [-0.4, -0.2) is 27.7 Å². The minimum Gasteiger partial charge on any atom is -0.479 e. The van der Waals surface area contributed by atoms with E-state index in [1.807, 2.05) is 0 Å². The van der Waals surface area contributed by atoms with Gasteiger partial charge in [0.15, 0.2) is 6.10 Å². The van der Waals surface area contributed by atoms with E-state index in [9.17, 15) is 9.90 Å². The normalized spacial score (nSPS) is 13.7. The third kappa shape index (κ3) is 18.5. The number of alkyl halides is 1. The molecule has 0 aliphatic rings. The molecule has 0 fully saturated rings. The van der Waals surface area contributed by atoms with Crippen molar-refractivity contribution in [1.82, 2.24) is 0 Å². The third-order valence-corrected chi connectivity index (χ3v) is 5.59. The molecule has 0 bridgehead atoms. The van der Waals surface area contributed by atoms with E-state index in [0.717, 1.165) is 25.7 Å². The number of hydrogen-bond donors (Lipinski definition) is 2. The number of halogens is 1. The fourth-order valence-electron chi connectivity index (χ4n) is 3.35. The molecular formula is C22H43ClO3. The summed E-state index contributed by atoms with van der Waals surface area (Å²) >= 11 is 6.43. The van der Waals surface area contributed by atoms with Gasteiger partial charge < -0.3 is 10.2 Å². The molecule has 0 rings (SSSR count). The van der Waals surface area contributed by atoms with Crippen LogP contribution in [0.1, 0.15) is 122 Å². The SMILES string of the molecule is CCCCCCCCCC(Cl)CCCCCCCCCCC(O)C(=O)O. The molecule has 2 N–H and O–H groups in total. The summed E-state index contributed by atoms with van der Waals surface area (Å²) < 4.78 is 0.